The first-order valence-corrected chi connectivity index (χ1v) is 7.05. The summed E-state index contributed by atoms with van der Waals surface area (Å²) < 4.78 is 0. The van der Waals surface area contributed by atoms with Crippen molar-refractivity contribution in [2.45, 2.75) is 0 Å². The molecular weight excluding hydrogens is 308 g/mol. The maximum absolute atomic E-state index is 12.2. The molecule has 0 aromatic heterocycles. The second kappa shape index (κ2) is 8.14. The van der Waals surface area contributed by atoms with Crippen LogP contribution < -0.4 is 21.9 Å². The number of carbonyl (C=O) groups is 3. The van der Waals surface area contributed by atoms with Crippen molar-refractivity contribution in [2.24, 2.45) is 5.73 Å². The van der Waals surface area contributed by atoms with Gasteiger partial charge >= 0.3 is 6.03 Å². The molecule has 0 radical (unpaired) electrons. The molecule has 0 saturated heterocycles. The van der Waals surface area contributed by atoms with Crippen molar-refractivity contribution in [3.05, 3.63) is 77.5 Å². The normalized spacial score (nSPS) is 10.6. The van der Waals surface area contributed by atoms with Crippen molar-refractivity contribution in [1.82, 2.24) is 16.2 Å². The molecule has 122 valence electrons. The van der Waals surface area contributed by atoms with E-state index in [1.807, 2.05) is 11.5 Å². The van der Waals surface area contributed by atoms with Crippen molar-refractivity contribution < 1.29 is 14.4 Å². The number of nitrogens with one attached hydrogen (secondary N) is 3. The van der Waals surface area contributed by atoms with E-state index in [1.165, 1.54) is 6.08 Å². The highest BCUT2D eigenvalue weighted by Gasteiger charge is 2.14. The molecule has 24 heavy (non-hydrogen) atoms. The van der Waals surface area contributed by atoms with Crippen molar-refractivity contribution >= 4 is 23.9 Å². The number of amides is 4. The maximum atomic E-state index is 12.2. The first-order valence-electron chi connectivity index (χ1n) is 7.05. The zero-order valence-electron chi connectivity index (χ0n) is 12.7. The SMILES string of the molecule is NC(=O)NNC(=O)/C(=C/c1ccccc1)NC(=O)c1ccccc1. The van der Waals surface area contributed by atoms with Gasteiger partial charge in [-0.1, -0.05) is 48.5 Å². The van der Waals surface area contributed by atoms with E-state index in [1.54, 1.807) is 54.6 Å². The maximum Gasteiger partial charge on any atom is 0.330 e. The fourth-order valence-corrected chi connectivity index (χ4v) is 1.84. The fourth-order valence-electron chi connectivity index (χ4n) is 1.84. The second-order valence-corrected chi connectivity index (χ2v) is 4.73. The summed E-state index contributed by atoms with van der Waals surface area (Å²) in [5, 5.41) is 2.52. The van der Waals surface area contributed by atoms with Gasteiger partial charge in [-0.15, -0.1) is 0 Å². The number of rotatable bonds is 4. The van der Waals surface area contributed by atoms with Crippen LogP contribution in [0.1, 0.15) is 15.9 Å². The van der Waals surface area contributed by atoms with Crippen LogP contribution in [-0.2, 0) is 4.79 Å². The smallest absolute Gasteiger partial charge is 0.330 e. The van der Waals surface area contributed by atoms with Gasteiger partial charge in [0.15, 0.2) is 0 Å². The van der Waals surface area contributed by atoms with Crippen LogP contribution in [-0.4, -0.2) is 17.8 Å². The zero-order chi connectivity index (χ0) is 17.4. The van der Waals surface area contributed by atoms with E-state index in [0.717, 1.165) is 0 Å². The van der Waals surface area contributed by atoms with Crippen molar-refractivity contribution in [3.8, 4) is 0 Å². The first kappa shape index (κ1) is 16.8. The third-order valence-corrected chi connectivity index (χ3v) is 2.94. The molecule has 0 saturated carbocycles. The molecule has 2 aromatic carbocycles. The summed E-state index contributed by atoms with van der Waals surface area (Å²) >= 11 is 0. The molecule has 0 spiro atoms. The van der Waals surface area contributed by atoms with E-state index in [9.17, 15) is 14.4 Å². The molecule has 7 nitrogen and oxygen atoms in total. The predicted molar refractivity (Wildman–Crippen MR) is 89.2 cm³/mol. The quantitative estimate of drug-likeness (QED) is 0.500. The van der Waals surface area contributed by atoms with Crippen LogP contribution >= 0.6 is 0 Å². The summed E-state index contributed by atoms with van der Waals surface area (Å²) in [7, 11) is 0. The van der Waals surface area contributed by atoms with Crippen LogP contribution in [0.15, 0.2) is 66.4 Å². The summed E-state index contributed by atoms with van der Waals surface area (Å²) in [4.78, 5) is 35.1. The molecule has 7 heteroatoms. The fraction of sp³-hybridized carbons (Fsp3) is 0. The average Bonchev–Trinajstić information content (AvgIpc) is 2.60. The van der Waals surface area contributed by atoms with E-state index >= 15 is 0 Å². The van der Waals surface area contributed by atoms with Gasteiger partial charge in [-0.05, 0) is 23.8 Å². The number of primary amides is 1. The number of hydrogen-bond acceptors (Lipinski definition) is 3. The van der Waals surface area contributed by atoms with Gasteiger partial charge in [0.05, 0.1) is 0 Å². The average molecular weight is 324 g/mol. The topological polar surface area (TPSA) is 113 Å². The molecule has 5 N–H and O–H groups in total. The lowest BCUT2D eigenvalue weighted by Crippen LogP contribution is -2.47. The summed E-state index contributed by atoms with van der Waals surface area (Å²) in [6.07, 6.45) is 1.48. The predicted octanol–water partition coefficient (Wildman–Crippen LogP) is 1.16. The van der Waals surface area contributed by atoms with Gasteiger partial charge in [0, 0.05) is 5.56 Å². The zero-order valence-corrected chi connectivity index (χ0v) is 12.7. The van der Waals surface area contributed by atoms with Crippen molar-refractivity contribution in [1.29, 1.82) is 0 Å². The molecule has 0 unspecified atom stereocenters. The lowest BCUT2D eigenvalue weighted by Gasteiger charge is -2.11. The van der Waals surface area contributed by atoms with E-state index in [-0.39, 0.29) is 5.70 Å². The number of nitrogens with two attached hydrogens (primary N) is 1. The molecule has 0 aliphatic heterocycles. The number of benzene rings is 2. The van der Waals surface area contributed by atoms with Gasteiger partial charge < -0.3 is 11.1 Å². The molecule has 2 rings (SSSR count). The molecule has 0 aliphatic rings. The number of hydrogen-bond donors (Lipinski definition) is 4. The lowest BCUT2D eigenvalue weighted by atomic mass is 10.1. The van der Waals surface area contributed by atoms with Crippen molar-refractivity contribution in [2.75, 3.05) is 0 Å². The Bertz CT molecular complexity index is 758. The Morgan fingerprint density at radius 2 is 1.42 bits per heavy atom. The molecule has 0 fully saturated rings. The Hall–Kier alpha value is -3.61. The number of urea groups is 1. The summed E-state index contributed by atoms with van der Waals surface area (Å²) in [6.45, 7) is 0. The molecule has 0 heterocycles. The van der Waals surface area contributed by atoms with Gasteiger partial charge in [0.2, 0.25) is 0 Å². The van der Waals surface area contributed by atoms with E-state index < -0.39 is 17.8 Å². The van der Waals surface area contributed by atoms with Gasteiger partial charge in [-0.25, -0.2) is 10.2 Å². The van der Waals surface area contributed by atoms with Crippen LogP contribution in [0.2, 0.25) is 0 Å². The van der Waals surface area contributed by atoms with Crippen LogP contribution in [0.5, 0.6) is 0 Å². The van der Waals surface area contributed by atoms with Crippen LogP contribution in [0, 0.1) is 0 Å². The van der Waals surface area contributed by atoms with E-state index in [2.05, 4.69) is 10.7 Å². The van der Waals surface area contributed by atoms with Gasteiger partial charge in [-0.3, -0.25) is 15.0 Å². The minimum atomic E-state index is -0.920. The molecule has 4 amide bonds. The largest absolute Gasteiger partial charge is 0.350 e. The monoisotopic (exact) mass is 324 g/mol. The number of carbonyl (C=O) groups excluding carboxylic acids is 3. The Kier molecular flexibility index (Phi) is 5.68. The highest BCUT2D eigenvalue weighted by Crippen LogP contribution is 2.06. The van der Waals surface area contributed by atoms with Crippen LogP contribution in [0.4, 0.5) is 4.79 Å². The Morgan fingerprint density at radius 1 is 0.833 bits per heavy atom. The lowest BCUT2D eigenvalue weighted by molar-refractivity contribution is -0.118. The van der Waals surface area contributed by atoms with Gasteiger partial charge in [-0.2, -0.15) is 0 Å². The minimum Gasteiger partial charge on any atom is -0.350 e. The minimum absolute atomic E-state index is 0.0381. The van der Waals surface area contributed by atoms with Crippen LogP contribution in [0.3, 0.4) is 0 Å². The van der Waals surface area contributed by atoms with E-state index in [0.29, 0.717) is 11.1 Å². The number of hydrazine groups is 1. The van der Waals surface area contributed by atoms with Gasteiger partial charge in [0.25, 0.3) is 11.8 Å². The Balaban J connectivity index is 2.22. The van der Waals surface area contributed by atoms with Crippen molar-refractivity contribution in [3.63, 3.8) is 0 Å². The molecule has 0 aliphatic carbocycles. The molecular formula is C17H16N4O3. The summed E-state index contributed by atoms with van der Waals surface area (Å²) in [5.74, 6) is -1.16. The first-order chi connectivity index (χ1) is 11.6. The highest BCUT2D eigenvalue weighted by molar-refractivity contribution is 6.05. The highest BCUT2D eigenvalue weighted by atomic mass is 16.2. The second-order valence-electron chi connectivity index (χ2n) is 4.73. The Morgan fingerprint density at radius 3 is 2.00 bits per heavy atom. The molecule has 0 bridgehead atoms. The van der Waals surface area contributed by atoms with Crippen LogP contribution in [0.25, 0.3) is 6.08 Å². The van der Waals surface area contributed by atoms with E-state index in [4.69, 9.17) is 5.73 Å². The summed E-state index contributed by atoms with van der Waals surface area (Å²) in [6, 6.07) is 16.5. The van der Waals surface area contributed by atoms with Gasteiger partial charge in [0.1, 0.15) is 5.70 Å². The summed E-state index contributed by atoms with van der Waals surface area (Å²) in [5.41, 5.74) is 10.1. The third kappa shape index (κ3) is 4.99. The standard InChI is InChI=1S/C17H16N4O3/c18-17(24)21-20-16(23)14(11-12-7-3-1-4-8-12)19-15(22)13-9-5-2-6-10-13/h1-11H,(H,19,22)(H,20,23)(H3,18,21,24)/b14-11-. The molecule has 0 atom stereocenters. The third-order valence-electron chi connectivity index (χ3n) is 2.94. The Labute approximate surface area is 138 Å². The molecule has 2 aromatic rings.